The van der Waals surface area contributed by atoms with Crippen LogP contribution in [0.2, 0.25) is 0 Å². The van der Waals surface area contributed by atoms with Crippen molar-refractivity contribution in [3.63, 3.8) is 0 Å². The molecule has 1 fully saturated rings. The van der Waals surface area contributed by atoms with Crippen molar-refractivity contribution in [2.24, 2.45) is 0 Å². The number of hydrogen-bond donors (Lipinski definition) is 2. The van der Waals surface area contributed by atoms with E-state index in [2.05, 4.69) is 41.4 Å². The molecule has 0 spiro atoms. The van der Waals surface area contributed by atoms with Crippen LogP contribution in [0.15, 0.2) is 24.3 Å². The van der Waals surface area contributed by atoms with Gasteiger partial charge in [0.25, 0.3) is 0 Å². The van der Waals surface area contributed by atoms with Gasteiger partial charge in [-0.3, -0.25) is 0 Å². The van der Waals surface area contributed by atoms with Gasteiger partial charge in [-0.2, -0.15) is 0 Å². The molecular weight excluding hydrogens is 224 g/mol. The molecule has 2 atom stereocenters. The zero-order valence-corrected chi connectivity index (χ0v) is 11.4. The standard InChI is InChI=1S/C15H24N2O/c1-12-5-3-4-6-14(12)15(16-2)8-10-17-9-7-13(18)11-17/h3-6,13,15-16,18H,7-11H2,1-2H3. The van der Waals surface area contributed by atoms with Gasteiger partial charge in [-0.25, -0.2) is 0 Å². The third-order valence-corrected chi connectivity index (χ3v) is 3.89. The SMILES string of the molecule is CNC(CCN1CCC(O)C1)c1ccccc1C. The third kappa shape index (κ3) is 3.31. The number of benzene rings is 1. The average Bonchev–Trinajstić information content (AvgIpc) is 2.78. The molecule has 0 aromatic heterocycles. The molecule has 1 saturated heterocycles. The Hall–Kier alpha value is -0.900. The van der Waals surface area contributed by atoms with Gasteiger partial charge in [0.2, 0.25) is 0 Å². The number of nitrogens with one attached hydrogen (secondary N) is 1. The maximum absolute atomic E-state index is 9.53. The Labute approximate surface area is 110 Å². The second-order valence-electron chi connectivity index (χ2n) is 5.23. The van der Waals surface area contributed by atoms with Crippen LogP contribution in [0.3, 0.4) is 0 Å². The lowest BCUT2D eigenvalue weighted by molar-refractivity contribution is 0.175. The highest BCUT2D eigenvalue weighted by Crippen LogP contribution is 2.21. The molecule has 2 N–H and O–H groups in total. The number of β-amino-alcohol motifs (C(OH)–C–C–N with tert-alkyl or cyclic N) is 1. The smallest absolute Gasteiger partial charge is 0.0679 e. The molecule has 0 saturated carbocycles. The van der Waals surface area contributed by atoms with E-state index in [1.807, 2.05) is 7.05 Å². The molecule has 3 nitrogen and oxygen atoms in total. The van der Waals surface area contributed by atoms with Gasteiger partial charge in [0.05, 0.1) is 6.10 Å². The van der Waals surface area contributed by atoms with E-state index >= 15 is 0 Å². The maximum Gasteiger partial charge on any atom is 0.0679 e. The summed E-state index contributed by atoms with van der Waals surface area (Å²) in [7, 11) is 2.02. The summed E-state index contributed by atoms with van der Waals surface area (Å²) in [6, 6.07) is 8.97. The van der Waals surface area contributed by atoms with Crippen molar-refractivity contribution >= 4 is 0 Å². The van der Waals surface area contributed by atoms with Gasteiger partial charge in [-0.1, -0.05) is 24.3 Å². The van der Waals surface area contributed by atoms with E-state index in [1.54, 1.807) is 0 Å². The Morgan fingerprint density at radius 1 is 1.44 bits per heavy atom. The maximum atomic E-state index is 9.53. The molecular formula is C15H24N2O. The Balaban J connectivity index is 1.92. The van der Waals surface area contributed by atoms with Crippen molar-refractivity contribution in [1.82, 2.24) is 10.2 Å². The Bertz CT molecular complexity index is 381. The molecule has 1 aromatic carbocycles. The summed E-state index contributed by atoms with van der Waals surface area (Å²) >= 11 is 0. The summed E-state index contributed by atoms with van der Waals surface area (Å²) in [5.74, 6) is 0. The highest BCUT2D eigenvalue weighted by atomic mass is 16.3. The zero-order valence-electron chi connectivity index (χ0n) is 11.4. The first-order valence-corrected chi connectivity index (χ1v) is 6.84. The fraction of sp³-hybridized carbons (Fsp3) is 0.600. The van der Waals surface area contributed by atoms with Crippen LogP contribution in [-0.4, -0.2) is 42.8 Å². The molecule has 1 aromatic rings. The molecule has 1 aliphatic heterocycles. The topological polar surface area (TPSA) is 35.5 Å². The van der Waals surface area contributed by atoms with Gasteiger partial charge in [0.1, 0.15) is 0 Å². The number of rotatable bonds is 5. The Morgan fingerprint density at radius 2 is 2.22 bits per heavy atom. The molecule has 3 heteroatoms. The van der Waals surface area contributed by atoms with Crippen LogP contribution in [0.1, 0.15) is 30.0 Å². The molecule has 0 radical (unpaired) electrons. The lowest BCUT2D eigenvalue weighted by Gasteiger charge is -2.22. The molecule has 2 unspecified atom stereocenters. The number of aliphatic hydroxyl groups is 1. The van der Waals surface area contributed by atoms with Crippen molar-refractivity contribution in [1.29, 1.82) is 0 Å². The lowest BCUT2D eigenvalue weighted by atomic mass is 9.99. The van der Waals surface area contributed by atoms with Crippen molar-refractivity contribution in [3.05, 3.63) is 35.4 Å². The van der Waals surface area contributed by atoms with Crippen molar-refractivity contribution < 1.29 is 5.11 Å². The summed E-state index contributed by atoms with van der Waals surface area (Å²) in [4.78, 5) is 2.35. The molecule has 1 heterocycles. The lowest BCUT2D eigenvalue weighted by Crippen LogP contribution is -2.27. The van der Waals surface area contributed by atoms with Gasteiger partial charge >= 0.3 is 0 Å². The van der Waals surface area contributed by atoms with Crippen molar-refractivity contribution in [2.45, 2.75) is 31.9 Å². The minimum Gasteiger partial charge on any atom is -0.392 e. The van der Waals surface area contributed by atoms with E-state index in [1.165, 1.54) is 11.1 Å². The molecule has 1 aliphatic rings. The second kappa shape index (κ2) is 6.32. The number of aryl methyl sites for hydroxylation is 1. The van der Waals surface area contributed by atoms with Crippen molar-refractivity contribution in [2.75, 3.05) is 26.7 Å². The van der Waals surface area contributed by atoms with Gasteiger partial charge in [-0.05, 0) is 37.9 Å². The molecule has 18 heavy (non-hydrogen) atoms. The first-order valence-electron chi connectivity index (χ1n) is 6.84. The highest BCUT2D eigenvalue weighted by Gasteiger charge is 2.21. The van der Waals surface area contributed by atoms with E-state index in [0.29, 0.717) is 6.04 Å². The number of hydrogen-bond acceptors (Lipinski definition) is 3. The fourth-order valence-corrected chi connectivity index (χ4v) is 2.76. The van der Waals surface area contributed by atoms with E-state index < -0.39 is 0 Å². The summed E-state index contributed by atoms with van der Waals surface area (Å²) < 4.78 is 0. The second-order valence-corrected chi connectivity index (χ2v) is 5.23. The predicted molar refractivity (Wildman–Crippen MR) is 74.7 cm³/mol. The van der Waals surface area contributed by atoms with Gasteiger partial charge in [-0.15, -0.1) is 0 Å². The van der Waals surface area contributed by atoms with Crippen LogP contribution in [-0.2, 0) is 0 Å². The molecule has 0 amide bonds. The summed E-state index contributed by atoms with van der Waals surface area (Å²) in [5.41, 5.74) is 2.73. The Morgan fingerprint density at radius 3 is 2.83 bits per heavy atom. The van der Waals surface area contributed by atoms with Crippen LogP contribution in [0.5, 0.6) is 0 Å². The molecule has 0 bridgehead atoms. The number of nitrogens with zero attached hydrogens (tertiary/aromatic N) is 1. The number of likely N-dealkylation sites (tertiary alicyclic amines) is 1. The van der Waals surface area contributed by atoms with E-state index in [9.17, 15) is 5.11 Å². The summed E-state index contributed by atoms with van der Waals surface area (Å²) in [6.07, 6.45) is 1.90. The zero-order chi connectivity index (χ0) is 13.0. The van der Waals surface area contributed by atoms with Crippen LogP contribution in [0.4, 0.5) is 0 Å². The van der Waals surface area contributed by atoms with Crippen LogP contribution >= 0.6 is 0 Å². The number of aliphatic hydroxyl groups excluding tert-OH is 1. The third-order valence-electron chi connectivity index (χ3n) is 3.89. The summed E-state index contributed by atoms with van der Waals surface area (Å²) in [5, 5.41) is 12.9. The fourth-order valence-electron chi connectivity index (χ4n) is 2.76. The molecule has 0 aliphatic carbocycles. The highest BCUT2D eigenvalue weighted by molar-refractivity contribution is 5.28. The van der Waals surface area contributed by atoms with Gasteiger partial charge < -0.3 is 15.3 Å². The monoisotopic (exact) mass is 248 g/mol. The minimum absolute atomic E-state index is 0.114. The van der Waals surface area contributed by atoms with Gasteiger partial charge in [0, 0.05) is 25.7 Å². The average molecular weight is 248 g/mol. The quantitative estimate of drug-likeness (QED) is 0.833. The first-order chi connectivity index (χ1) is 8.70. The van der Waals surface area contributed by atoms with E-state index in [-0.39, 0.29) is 6.10 Å². The summed E-state index contributed by atoms with van der Waals surface area (Å²) in [6.45, 7) is 5.09. The predicted octanol–water partition coefficient (Wildman–Crippen LogP) is 1.71. The molecule has 2 rings (SSSR count). The molecule has 100 valence electrons. The minimum atomic E-state index is -0.114. The van der Waals surface area contributed by atoms with E-state index in [4.69, 9.17) is 0 Å². The van der Waals surface area contributed by atoms with Crippen LogP contribution in [0.25, 0.3) is 0 Å². The van der Waals surface area contributed by atoms with Gasteiger partial charge in [0.15, 0.2) is 0 Å². The Kier molecular flexibility index (Phi) is 4.75. The van der Waals surface area contributed by atoms with E-state index in [0.717, 1.165) is 32.5 Å². The van der Waals surface area contributed by atoms with Crippen molar-refractivity contribution in [3.8, 4) is 0 Å². The largest absolute Gasteiger partial charge is 0.392 e. The normalized spacial score (nSPS) is 22.3. The first kappa shape index (κ1) is 13.5. The van der Waals surface area contributed by atoms with Crippen LogP contribution < -0.4 is 5.32 Å². The van der Waals surface area contributed by atoms with Crippen LogP contribution in [0, 0.1) is 6.92 Å².